The van der Waals surface area contributed by atoms with Crippen LogP contribution >= 0.6 is 24.2 Å². The zero-order valence-corrected chi connectivity index (χ0v) is 22.5. The molecule has 3 fully saturated rings. The molecule has 1 aliphatic carbocycles. The van der Waals surface area contributed by atoms with Crippen LogP contribution < -0.4 is 21.3 Å². The lowest BCUT2D eigenvalue weighted by Gasteiger charge is -2.34. The second kappa shape index (κ2) is 10.8. The van der Waals surface area contributed by atoms with Gasteiger partial charge in [0.05, 0.1) is 22.6 Å². The summed E-state index contributed by atoms with van der Waals surface area (Å²) < 4.78 is 41.6. The van der Waals surface area contributed by atoms with Gasteiger partial charge in [0.15, 0.2) is 0 Å². The third-order valence-electron chi connectivity index (χ3n) is 8.36. The summed E-state index contributed by atoms with van der Waals surface area (Å²) in [6.45, 7) is 4.37. The maximum atomic E-state index is 13.9. The Morgan fingerprint density at radius 1 is 1.00 bits per heavy atom. The maximum absolute atomic E-state index is 13.9. The van der Waals surface area contributed by atoms with E-state index >= 15 is 0 Å². The van der Waals surface area contributed by atoms with E-state index in [2.05, 4.69) is 38.6 Å². The van der Waals surface area contributed by atoms with Crippen LogP contribution in [0.3, 0.4) is 0 Å². The van der Waals surface area contributed by atoms with Crippen molar-refractivity contribution in [3.63, 3.8) is 0 Å². The predicted octanol–water partition coefficient (Wildman–Crippen LogP) is 6.55. The topological polar surface area (TPSA) is 56.6 Å². The average molecular weight is 554 g/mol. The summed E-state index contributed by atoms with van der Waals surface area (Å²) in [6, 6.07) is 9.73. The highest BCUT2D eigenvalue weighted by molar-refractivity contribution is 7.99. The Bertz CT molecular complexity index is 1120. The van der Waals surface area contributed by atoms with Crippen LogP contribution in [0.4, 0.5) is 35.9 Å². The predicted molar refractivity (Wildman–Crippen MR) is 148 cm³/mol. The molecule has 0 aromatic heterocycles. The van der Waals surface area contributed by atoms with Gasteiger partial charge in [-0.2, -0.15) is 13.2 Å². The number of alkyl halides is 3. The summed E-state index contributed by atoms with van der Waals surface area (Å²) >= 11 is 1.44. The van der Waals surface area contributed by atoms with Crippen molar-refractivity contribution in [3.05, 3.63) is 35.9 Å². The first-order valence-electron chi connectivity index (χ1n) is 13.2. The quantitative estimate of drug-likeness (QED) is 0.333. The Morgan fingerprint density at radius 2 is 1.81 bits per heavy atom. The molecule has 2 aromatic carbocycles. The molecule has 1 saturated carbocycles. The lowest BCUT2D eigenvalue weighted by atomic mass is 10.0. The van der Waals surface area contributed by atoms with Crippen molar-refractivity contribution in [1.29, 1.82) is 0 Å². The largest absolute Gasteiger partial charge is 0.416 e. The van der Waals surface area contributed by atoms with Gasteiger partial charge in [0.1, 0.15) is 0 Å². The third-order valence-corrected chi connectivity index (χ3v) is 9.46. The number of likely N-dealkylation sites (tertiary alicyclic amines) is 1. The van der Waals surface area contributed by atoms with Crippen LogP contribution in [0.25, 0.3) is 0 Å². The molecule has 2 unspecified atom stereocenters. The summed E-state index contributed by atoms with van der Waals surface area (Å²) in [6.07, 6.45) is 2.47. The summed E-state index contributed by atoms with van der Waals surface area (Å²) in [5, 5.41) is 6.93. The second-order valence-corrected chi connectivity index (χ2v) is 11.7. The van der Waals surface area contributed by atoms with Gasteiger partial charge in [-0.1, -0.05) is 18.2 Å². The number of rotatable bonds is 5. The number of nitrogens with zero attached hydrogens (tertiary/aromatic N) is 2. The molecule has 0 radical (unpaired) electrons. The number of halogens is 4. The summed E-state index contributed by atoms with van der Waals surface area (Å²) in [5.41, 5.74) is 8.50. The highest BCUT2D eigenvalue weighted by Crippen LogP contribution is 2.51. The van der Waals surface area contributed by atoms with E-state index in [0.29, 0.717) is 23.2 Å². The molecule has 3 heterocycles. The molecular weight excluding hydrogens is 519 g/mol. The zero-order valence-electron chi connectivity index (χ0n) is 20.8. The number of benzene rings is 2. The van der Waals surface area contributed by atoms with E-state index in [-0.39, 0.29) is 18.4 Å². The van der Waals surface area contributed by atoms with E-state index in [4.69, 9.17) is 5.73 Å². The van der Waals surface area contributed by atoms with Gasteiger partial charge in [0.2, 0.25) is 0 Å². The normalized spacial score (nSPS) is 23.6. The van der Waals surface area contributed by atoms with E-state index in [1.807, 2.05) is 0 Å². The van der Waals surface area contributed by atoms with Crippen LogP contribution in [0.1, 0.15) is 44.1 Å². The van der Waals surface area contributed by atoms with E-state index in [1.54, 1.807) is 0 Å². The van der Waals surface area contributed by atoms with Crippen LogP contribution in [-0.2, 0) is 6.18 Å². The molecule has 0 spiro atoms. The molecule has 202 valence electrons. The number of hydrogen-bond donors (Lipinski definition) is 3. The number of anilines is 4. The molecule has 3 aliphatic heterocycles. The van der Waals surface area contributed by atoms with Crippen LogP contribution in [0.2, 0.25) is 0 Å². The fourth-order valence-corrected chi connectivity index (χ4v) is 7.59. The molecule has 2 saturated heterocycles. The van der Waals surface area contributed by atoms with E-state index in [1.165, 1.54) is 55.3 Å². The minimum absolute atomic E-state index is 0. The number of piperidine rings is 1. The second-order valence-electron chi connectivity index (χ2n) is 10.6. The molecule has 2 atom stereocenters. The van der Waals surface area contributed by atoms with Gasteiger partial charge in [-0.25, -0.2) is 0 Å². The molecule has 10 heteroatoms. The smallest absolute Gasteiger partial charge is 0.380 e. The van der Waals surface area contributed by atoms with E-state index in [0.717, 1.165) is 61.2 Å². The highest BCUT2D eigenvalue weighted by atomic mass is 35.5. The Hall–Kier alpha value is -1.81. The average Bonchev–Trinajstić information content (AvgIpc) is 3.48. The van der Waals surface area contributed by atoms with Gasteiger partial charge in [-0.3, -0.25) is 0 Å². The minimum atomic E-state index is -4.40. The van der Waals surface area contributed by atoms with E-state index in [9.17, 15) is 13.2 Å². The molecule has 0 amide bonds. The number of nitrogens with two attached hydrogens (primary N) is 1. The van der Waals surface area contributed by atoms with E-state index < -0.39 is 11.7 Å². The Labute approximate surface area is 227 Å². The molecule has 2 aromatic rings. The van der Waals surface area contributed by atoms with Crippen LogP contribution in [0, 0.1) is 5.92 Å². The van der Waals surface area contributed by atoms with Gasteiger partial charge in [0, 0.05) is 60.3 Å². The molecule has 4 aliphatic rings. The van der Waals surface area contributed by atoms with Crippen molar-refractivity contribution in [2.75, 3.05) is 48.3 Å². The first kappa shape index (κ1) is 26.8. The van der Waals surface area contributed by atoms with Gasteiger partial charge < -0.3 is 26.2 Å². The first-order chi connectivity index (χ1) is 17.4. The monoisotopic (exact) mass is 553 g/mol. The van der Waals surface area contributed by atoms with Crippen molar-refractivity contribution in [1.82, 2.24) is 4.90 Å². The van der Waals surface area contributed by atoms with Crippen LogP contribution in [0.15, 0.2) is 40.1 Å². The van der Waals surface area contributed by atoms with Crippen LogP contribution in [-0.4, -0.2) is 49.7 Å². The molecule has 4 N–H and O–H groups in total. The van der Waals surface area contributed by atoms with Crippen molar-refractivity contribution in [2.24, 2.45) is 11.7 Å². The van der Waals surface area contributed by atoms with Gasteiger partial charge in [-0.15, -0.1) is 12.4 Å². The lowest BCUT2D eigenvalue weighted by Crippen LogP contribution is -2.41. The maximum Gasteiger partial charge on any atom is 0.416 e. The number of fused-ring (bicyclic) bond motifs is 3. The number of hydrogen-bond acceptors (Lipinski definition) is 6. The molecule has 5 nitrogen and oxygen atoms in total. The van der Waals surface area contributed by atoms with Crippen molar-refractivity contribution < 1.29 is 13.2 Å². The zero-order chi connectivity index (χ0) is 24.9. The Balaban J connectivity index is 0.00000280. The molecule has 0 bridgehead atoms. The highest BCUT2D eigenvalue weighted by Gasteiger charge is 2.38. The number of nitrogens with one attached hydrogen (secondary N) is 2. The van der Waals surface area contributed by atoms with Crippen molar-refractivity contribution in [3.8, 4) is 0 Å². The summed E-state index contributed by atoms with van der Waals surface area (Å²) in [4.78, 5) is 6.44. The van der Waals surface area contributed by atoms with Gasteiger partial charge in [-0.05, 0) is 68.4 Å². The first-order valence-corrected chi connectivity index (χ1v) is 14.0. The SMILES string of the molecule is Cl.NCCN1CCC(Nc2cc(C(F)(F)F)cc3c2Nc2ccc(N4CCC5CCCC54)cc2S3)CC1. The standard InChI is InChI=1S/C27H34F3N5S.ClH/c28-27(29,30)18-14-22(32-19-7-10-34(11-8-19)13-9-31)26-25(15-18)36-24-16-20(4-5-21(24)33-26)35-12-6-17-2-1-3-23(17)35;/h4-5,14-17,19,23,32-33H,1-3,6-13,31H2;1H. The van der Waals surface area contributed by atoms with Crippen LogP contribution in [0.5, 0.6) is 0 Å². The fraction of sp³-hybridized carbons (Fsp3) is 0.556. The van der Waals surface area contributed by atoms with Gasteiger partial charge >= 0.3 is 6.18 Å². The third kappa shape index (κ3) is 5.37. The van der Waals surface area contributed by atoms with Crippen molar-refractivity contribution >= 4 is 46.9 Å². The lowest BCUT2D eigenvalue weighted by molar-refractivity contribution is -0.137. The minimum Gasteiger partial charge on any atom is -0.380 e. The summed E-state index contributed by atoms with van der Waals surface area (Å²) in [7, 11) is 0. The molecule has 6 rings (SSSR count). The van der Waals surface area contributed by atoms with Gasteiger partial charge in [0.25, 0.3) is 0 Å². The Morgan fingerprint density at radius 3 is 2.57 bits per heavy atom. The molecular formula is C27H35ClF3N5S. The Kier molecular flexibility index (Phi) is 7.78. The summed E-state index contributed by atoms with van der Waals surface area (Å²) in [5.74, 6) is 0.790. The molecule has 37 heavy (non-hydrogen) atoms. The van der Waals surface area contributed by atoms with Crippen molar-refractivity contribution in [2.45, 2.75) is 66.6 Å². The fourth-order valence-electron chi connectivity index (χ4n) is 6.49.